The van der Waals surface area contributed by atoms with Gasteiger partial charge in [0.2, 0.25) is 20.0 Å². The van der Waals surface area contributed by atoms with Gasteiger partial charge in [0.15, 0.2) is 0 Å². The molecule has 0 aromatic heterocycles. The normalized spacial score (nSPS) is 15.2. The molecule has 0 atom stereocenters. The molecule has 0 aliphatic carbocycles. The summed E-state index contributed by atoms with van der Waals surface area (Å²) in [6, 6.07) is 9.39. The monoisotopic (exact) mass is 439 g/mol. The summed E-state index contributed by atoms with van der Waals surface area (Å²) in [6.45, 7) is 0.886. The molecule has 1 heterocycles. The molecule has 2 aromatic carbocycles. The van der Waals surface area contributed by atoms with E-state index in [9.17, 15) is 26.7 Å². The number of carbonyl (C=O) groups excluding carboxylic acids is 1. The highest BCUT2D eigenvalue weighted by Crippen LogP contribution is 2.29. The first-order valence-corrected chi connectivity index (χ1v) is 12.1. The molecule has 0 bridgehead atoms. The smallest absolute Gasteiger partial charge is 0.255 e. The van der Waals surface area contributed by atoms with E-state index in [1.165, 1.54) is 46.8 Å². The van der Waals surface area contributed by atoms with Gasteiger partial charge in [-0.3, -0.25) is 9.52 Å². The number of amides is 1. The van der Waals surface area contributed by atoms with E-state index in [-0.39, 0.29) is 21.9 Å². The molecule has 0 unspecified atom stereocenters. The number of aromatic hydroxyl groups is 1. The summed E-state index contributed by atoms with van der Waals surface area (Å²) < 4.78 is 51.5. The lowest BCUT2D eigenvalue weighted by molar-refractivity contribution is 0.102. The van der Waals surface area contributed by atoms with Gasteiger partial charge in [0, 0.05) is 24.3 Å². The molecule has 156 valence electrons. The van der Waals surface area contributed by atoms with Crippen molar-refractivity contribution in [2.24, 2.45) is 0 Å². The number of sulfonamides is 2. The Morgan fingerprint density at radius 3 is 2.21 bits per heavy atom. The lowest BCUT2D eigenvalue weighted by Gasteiger charge is -2.16. The van der Waals surface area contributed by atoms with E-state index < -0.39 is 26.0 Å². The van der Waals surface area contributed by atoms with Crippen molar-refractivity contribution in [3.05, 3.63) is 48.0 Å². The highest BCUT2D eigenvalue weighted by molar-refractivity contribution is 7.92. The fourth-order valence-electron chi connectivity index (χ4n) is 2.95. The molecule has 1 aliphatic heterocycles. The maximum absolute atomic E-state index is 12.7. The zero-order valence-electron chi connectivity index (χ0n) is 15.6. The van der Waals surface area contributed by atoms with Crippen molar-refractivity contribution in [3.8, 4) is 5.75 Å². The number of hydrogen-bond acceptors (Lipinski definition) is 6. The minimum Gasteiger partial charge on any atom is -0.506 e. The van der Waals surface area contributed by atoms with Gasteiger partial charge in [-0.2, -0.15) is 4.31 Å². The number of benzene rings is 2. The van der Waals surface area contributed by atoms with Crippen molar-refractivity contribution >= 4 is 37.3 Å². The first-order chi connectivity index (χ1) is 13.6. The van der Waals surface area contributed by atoms with E-state index >= 15 is 0 Å². The van der Waals surface area contributed by atoms with Gasteiger partial charge in [-0.05, 0) is 55.3 Å². The van der Waals surface area contributed by atoms with Crippen LogP contribution in [0.4, 0.5) is 11.4 Å². The Hall–Kier alpha value is -2.63. The van der Waals surface area contributed by atoms with Crippen LogP contribution in [0.3, 0.4) is 0 Å². The van der Waals surface area contributed by atoms with Gasteiger partial charge >= 0.3 is 0 Å². The van der Waals surface area contributed by atoms with Gasteiger partial charge in [-0.1, -0.05) is 0 Å². The largest absolute Gasteiger partial charge is 0.506 e. The van der Waals surface area contributed by atoms with Crippen LogP contribution in [0.1, 0.15) is 23.2 Å². The molecule has 3 rings (SSSR count). The third kappa shape index (κ3) is 5.05. The Morgan fingerprint density at radius 1 is 1.00 bits per heavy atom. The van der Waals surface area contributed by atoms with E-state index in [1.807, 2.05) is 0 Å². The standard InChI is InChI=1S/C18H21N3O6S2/c1-28(24,25)20-14-6-4-13(5-7-14)18(23)19-16-12-15(8-9-17(16)22)29(26,27)21-10-2-3-11-21/h4-9,12,20,22H,2-3,10-11H2,1H3,(H,19,23). The number of rotatable bonds is 6. The summed E-state index contributed by atoms with van der Waals surface area (Å²) >= 11 is 0. The number of phenolic OH excluding ortho intramolecular Hbond substituents is 1. The molecule has 29 heavy (non-hydrogen) atoms. The molecule has 2 aromatic rings. The number of carbonyl (C=O) groups is 1. The van der Waals surface area contributed by atoms with Crippen LogP contribution < -0.4 is 10.0 Å². The molecule has 0 radical (unpaired) electrons. The van der Waals surface area contributed by atoms with Crippen molar-refractivity contribution in [2.45, 2.75) is 17.7 Å². The van der Waals surface area contributed by atoms with E-state index in [0.29, 0.717) is 18.8 Å². The van der Waals surface area contributed by atoms with Gasteiger partial charge < -0.3 is 10.4 Å². The molecule has 1 saturated heterocycles. The van der Waals surface area contributed by atoms with Gasteiger partial charge in [0.1, 0.15) is 5.75 Å². The summed E-state index contributed by atoms with van der Waals surface area (Å²) in [5.74, 6) is -0.851. The molecule has 0 saturated carbocycles. The SMILES string of the molecule is CS(=O)(=O)Nc1ccc(C(=O)Nc2cc(S(=O)(=O)N3CCCC3)ccc2O)cc1. The van der Waals surface area contributed by atoms with Crippen LogP contribution in [0.25, 0.3) is 0 Å². The molecule has 1 fully saturated rings. The highest BCUT2D eigenvalue weighted by Gasteiger charge is 2.28. The highest BCUT2D eigenvalue weighted by atomic mass is 32.2. The van der Waals surface area contributed by atoms with Crippen molar-refractivity contribution in [3.63, 3.8) is 0 Å². The predicted octanol–water partition coefficient (Wildman–Crippen LogP) is 1.80. The number of phenols is 1. The summed E-state index contributed by atoms with van der Waals surface area (Å²) in [5.41, 5.74) is 0.468. The number of hydrogen-bond donors (Lipinski definition) is 3. The number of nitrogens with one attached hydrogen (secondary N) is 2. The van der Waals surface area contributed by atoms with Gasteiger partial charge in [0.05, 0.1) is 16.8 Å². The summed E-state index contributed by atoms with van der Waals surface area (Å²) in [4.78, 5) is 12.4. The van der Waals surface area contributed by atoms with Crippen LogP contribution in [0.2, 0.25) is 0 Å². The Balaban J connectivity index is 1.80. The van der Waals surface area contributed by atoms with E-state index in [4.69, 9.17) is 0 Å². The minimum absolute atomic E-state index is 0.0137. The lowest BCUT2D eigenvalue weighted by Crippen LogP contribution is -2.28. The topological polar surface area (TPSA) is 133 Å². The van der Waals surface area contributed by atoms with Crippen LogP contribution in [-0.2, 0) is 20.0 Å². The van der Waals surface area contributed by atoms with Crippen molar-refractivity contribution in [2.75, 3.05) is 29.4 Å². The minimum atomic E-state index is -3.70. The van der Waals surface area contributed by atoms with E-state index in [0.717, 1.165) is 19.1 Å². The maximum Gasteiger partial charge on any atom is 0.255 e. The molecular weight excluding hydrogens is 418 g/mol. The second kappa shape index (κ2) is 8.01. The number of nitrogens with zero attached hydrogens (tertiary/aromatic N) is 1. The quantitative estimate of drug-likeness (QED) is 0.588. The van der Waals surface area contributed by atoms with Gasteiger partial charge in [-0.25, -0.2) is 16.8 Å². The molecular formula is C18H21N3O6S2. The van der Waals surface area contributed by atoms with Crippen LogP contribution in [0.15, 0.2) is 47.4 Å². The zero-order chi connectivity index (χ0) is 21.2. The van der Waals surface area contributed by atoms with Crippen LogP contribution in [0.5, 0.6) is 5.75 Å². The molecule has 1 amide bonds. The average molecular weight is 440 g/mol. The molecule has 0 spiro atoms. The molecule has 9 nitrogen and oxygen atoms in total. The van der Waals surface area contributed by atoms with Crippen molar-refractivity contribution in [1.29, 1.82) is 0 Å². The summed E-state index contributed by atoms with van der Waals surface area (Å²) in [5, 5.41) is 12.5. The van der Waals surface area contributed by atoms with Gasteiger partial charge in [0.25, 0.3) is 5.91 Å². The van der Waals surface area contributed by atoms with E-state index in [1.54, 1.807) is 0 Å². The Bertz CT molecular complexity index is 1120. The zero-order valence-corrected chi connectivity index (χ0v) is 17.3. The van der Waals surface area contributed by atoms with Crippen molar-refractivity contribution in [1.82, 2.24) is 4.31 Å². The fourth-order valence-corrected chi connectivity index (χ4v) is 5.06. The second-order valence-electron chi connectivity index (χ2n) is 6.70. The summed E-state index contributed by atoms with van der Waals surface area (Å²) in [7, 11) is -7.13. The number of anilines is 2. The molecule has 3 N–H and O–H groups in total. The third-order valence-corrected chi connectivity index (χ3v) is 6.87. The maximum atomic E-state index is 12.7. The predicted molar refractivity (Wildman–Crippen MR) is 109 cm³/mol. The fraction of sp³-hybridized carbons (Fsp3) is 0.278. The average Bonchev–Trinajstić information content (AvgIpc) is 3.18. The van der Waals surface area contributed by atoms with Crippen LogP contribution in [0, 0.1) is 0 Å². The van der Waals surface area contributed by atoms with Crippen molar-refractivity contribution < 1.29 is 26.7 Å². The Kier molecular flexibility index (Phi) is 5.82. The first-order valence-electron chi connectivity index (χ1n) is 8.79. The first kappa shape index (κ1) is 21.1. The van der Waals surface area contributed by atoms with E-state index in [2.05, 4.69) is 10.0 Å². The summed E-state index contributed by atoms with van der Waals surface area (Å²) in [6.07, 6.45) is 2.61. The second-order valence-corrected chi connectivity index (χ2v) is 10.4. The molecule has 1 aliphatic rings. The van der Waals surface area contributed by atoms with Crippen LogP contribution >= 0.6 is 0 Å². The third-order valence-electron chi connectivity index (χ3n) is 4.37. The lowest BCUT2D eigenvalue weighted by atomic mass is 10.2. The Morgan fingerprint density at radius 2 is 1.62 bits per heavy atom. The molecule has 11 heteroatoms. The van der Waals surface area contributed by atoms with Gasteiger partial charge in [-0.15, -0.1) is 0 Å². The van der Waals surface area contributed by atoms with Crippen LogP contribution in [-0.4, -0.2) is 51.5 Å². The Labute approximate surface area is 169 Å².